The Morgan fingerprint density at radius 3 is 2.21 bits per heavy atom. The molecule has 6 nitrogen and oxygen atoms in total. The summed E-state index contributed by atoms with van der Waals surface area (Å²) < 4.78 is 26.0. The molecule has 0 heterocycles. The third-order valence-corrected chi connectivity index (χ3v) is 3.38. The maximum absolute atomic E-state index is 11.3. The first-order valence-corrected chi connectivity index (χ1v) is 5.55. The molecule has 0 radical (unpaired) electrons. The van der Waals surface area contributed by atoms with Crippen molar-refractivity contribution in [2.24, 2.45) is 11.1 Å². The third kappa shape index (κ3) is 3.60. The molecule has 0 atom stereocenters. The van der Waals surface area contributed by atoms with Gasteiger partial charge in [-0.05, 0) is 0 Å². The van der Waals surface area contributed by atoms with Gasteiger partial charge in [-0.1, -0.05) is 13.8 Å². The highest BCUT2D eigenvalue weighted by Crippen LogP contribution is 2.12. The molecule has 0 aromatic rings. The standard InChI is InChI=1S/C7H18N4O2S/c1-7(2,6(8)9)5-10-14(12,13)11(3)4/h10H,5H2,1-4H3,(H3,8,9). The van der Waals surface area contributed by atoms with Crippen molar-refractivity contribution >= 4 is 16.0 Å². The van der Waals surface area contributed by atoms with Gasteiger partial charge in [0, 0.05) is 26.1 Å². The lowest BCUT2D eigenvalue weighted by Gasteiger charge is -2.24. The van der Waals surface area contributed by atoms with Crippen LogP contribution in [0, 0.1) is 10.8 Å². The summed E-state index contributed by atoms with van der Waals surface area (Å²) in [6.45, 7) is 3.52. The summed E-state index contributed by atoms with van der Waals surface area (Å²) in [6.07, 6.45) is 0. The fourth-order valence-corrected chi connectivity index (χ4v) is 1.30. The summed E-state index contributed by atoms with van der Waals surface area (Å²) in [6, 6.07) is 0. The molecule has 0 fully saturated rings. The number of hydrogen-bond donors (Lipinski definition) is 3. The minimum absolute atomic E-state index is 0.0426. The van der Waals surface area contributed by atoms with Gasteiger partial charge >= 0.3 is 0 Å². The molecular weight excluding hydrogens is 204 g/mol. The van der Waals surface area contributed by atoms with Crippen molar-refractivity contribution in [3.63, 3.8) is 0 Å². The van der Waals surface area contributed by atoms with Crippen molar-refractivity contribution in [2.45, 2.75) is 13.8 Å². The van der Waals surface area contributed by atoms with Gasteiger partial charge in [-0.2, -0.15) is 12.7 Å². The van der Waals surface area contributed by atoms with E-state index in [0.717, 1.165) is 4.31 Å². The largest absolute Gasteiger partial charge is 0.387 e. The van der Waals surface area contributed by atoms with Crippen LogP contribution in [0.2, 0.25) is 0 Å². The Labute approximate surface area is 85.2 Å². The minimum atomic E-state index is -3.43. The molecule has 7 heteroatoms. The second-order valence-electron chi connectivity index (χ2n) is 3.91. The Morgan fingerprint density at radius 2 is 1.93 bits per heavy atom. The maximum Gasteiger partial charge on any atom is 0.278 e. The highest BCUT2D eigenvalue weighted by molar-refractivity contribution is 7.87. The van der Waals surface area contributed by atoms with E-state index in [1.165, 1.54) is 14.1 Å². The zero-order chi connectivity index (χ0) is 11.6. The number of amidine groups is 1. The normalized spacial score (nSPS) is 13.2. The second kappa shape index (κ2) is 4.24. The Kier molecular flexibility index (Phi) is 4.04. The molecule has 0 amide bonds. The van der Waals surface area contributed by atoms with Gasteiger partial charge in [0.1, 0.15) is 0 Å². The predicted octanol–water partition coefficient (Wildman–Crippen LogP) is -0.655. The molecule has 0 unspecified atom stereocenters. The molecule has 0 bridgehead atoms. The van der Waals surface area contributed by atoms with E-state index in [4.69, 9.17) is 11.1 Å². The fraction of sp³-hybridized carbons (Fsp3) is 0.857. The Bertz CT molecular complexity index is 308. The van der Waals surface area contributed by atoms with Gasteiger partial charge in [0.05, 0.1) is 5.84 Å². The van der Waals surface area contributed by atoms with E-state index in [2.05, 4.69) is 4.72 Å². The number of hydrogen-bond acceptors (Lipinski definition) is 3. The van der Waals surface area contributed by atoms with Gasteiger partial charge in [-0.15, -0.1) is 0 Å². The average molecular weight is 222 g/mol. The van der Waals surface area contributed by atoms with Gasteiger partial charge in [-0.3, -0.25) is 5.41 Å². The lowest BCUT2D eigenvalue weighted by molar-refractivity contribution is 0.464. The van der Waals surface area contributed by atoms with Gasteiger partial charge in [-0.25, -0.2) is 4.72 Å². The van der Waals surface area contributed by atoms with Crippen LogP contribution >= 0.6 is 0 Å². The zero-order valence-corrected chi connectivity index (χ0v) is 9.77. The molecular formula is C7H18N4O2S. The van der Waals surface area contributed by atoms with Crippen molar-refractivity contribution in [1.29, 1.82) is 5.41 Å². The molecule has 0 aliphatic heterocycles. The smallest absolute Gasteiger partial charge is 0.278 e. The van der Waals surface area contributed by atoms with Crippen LogP contribution in [0.15, 0.2) is 0 Å². The number of rotatable bonds is 5. The first kappa shape index (κ1) is 13.3. The van der Waals surface area contributed by atoms with E-state index >= 15 is 0 Å². The van der Waals surface area contributed by atoms with Crippen molar-refractivity contribution in [1.82, 2.24) is 9.03 Å². The van der Waals surface area contributed by atoms with Gasteiger partial charge in [0.2, 0.25) is 0 Å². The minimum Gasteiger partial charge on any atom is -0.387 e. The molecule has 0 saturated heterocycles. The van der Waals surface area contributed by atoms with Crippen LogP contribution in [0.1, 0.15) is 13.8 Å². The molecule has 0 rings (SSSR count). The molecule has 84 valence electrons. The summed E-state index contributed by atoms with van der Waals surface area (Å²) in [5, 5.41) is 7.24. The Hall–Kier alpha value is -0.660. The summed E-state index contributed by atoms with van der Waals surface area (Å²) in [5.41, 5.74) is 4.65. The van der Waals surface area contributed by atoms with Crippen molar-refractivity contribution < 1.29 is 8.42 Å². The molecule has 0 aliphatic rings. The van der Waals surface area contributed by atoms with E-state index in [0.29, 0.717) is 0 Å². The van der Waals surface area contributed by atoms with E-state index in [1.54, 1.807) is 13.8 Å². The van der Waals surface area contributed by atoms with Crippen LogP contribution in [-0.2, 0) is 10.2 Å². The molecule has 14 heavy (non-hydrogen) atoms. The second-order valence-corrected chi connectivity index (χ2v) is 5.88. The quantitative estimate of drug-likeness (QED) is 0.425. The lowest BCUT2D eigenvalue weighted by Crippen LogP contribution is -2.45. The first-order chi connectivity index (χ1) is 6.09. The highest BCUT2D eigenvalue weighted by Gasteiger charge is 2.24. The number of nitrogens with one attached hydrogen (secondary N) is 2. The summed E-state index contributed by atoms with van der Waals surface area (Å²) >= 11 is 0. The summed E-state index contributed by atoms with van der Waals surface area (Å²) in [4.78, 5) is 0. The van der Waals surface area contributed by atoms with Crippen LogP contribution in [0.3, 0.4) is 0 Å². The summed E-state index contributed by atoms with van der Waals surface area (Å²) in [7, 11) is -0.567. The number of nitrogens with two attached hydrogens (primary N) is 1. The van der Waals surface area contributed by atoms with Crippen LogP contribution in [-0.4, -0.2) is 39.2 Å². The van der Waals surface area contributed by atoms with Crippen molar-refractivity contribution in [2.75, 3.05) is 20.6 Å². The van der Waals surface area contributed by atoms with Crippen LogP contribution in [0.4, 0.5) is 0 Å². The fourth-order valence-electron chi connectivity index (χ4n) is 0.496. The predicted molar refractivity (Wildman–Crippen MR) is 56.3 cm³/mol. The first-order valence-electron chi connectivity index (χ1n) is 4.11. The SMILES string of the molecule is CN(C)S(=O)(=O)NCC(C)(C)C(=N)N. The molecule has 0 aliphatic carbocycles. The zero-order valence-electron chi connectivity index (χ0n) is 8.96. The Morgan fingerprint density at radius 1 is 1.50 bits per heavy atom. The molecule has 4 N–H and O–H groups in total. The van der Waals surface area contributed by atoms with Crippen molar-refractivity contribution in [3.05, 3.63) is 0 Å². The highest BCUT2D eigenvalue weighted by atomic mass is 32.2. The molecule has 0 aromatic heterocycles. The van der Waals surface area contributed by atoms with Crippen molar-refractivity contribution in [3.8, 4) is 0 Å². The summed E-state index contributed by atoms with van der Waals surface area (Å²) in [5.74, 6) is -0.0426. The van der Waals surface area contributed by atoms with Crippen LogP contribution < -0.4 is 10.5 Å². The third-order valence-electron chi connectivity index (χ3n) is 1.91. The van der Waals surface area contributed by atoms with Gasteiger partial charge < -0.3 is 5.73 Å². The van der Waals surface area contributed by atoms with E-state index in [9.17, 15) is 8.42 Å². The average Bonchev–Trinajstić information content (AvgIpc) is 2.01. The molecule has 0 saturated carbocycles. The topological polar surface area (TPSA) is 99.3 Å². The number of nitrogens with zero attached hydrogens (tertiary/aromatic N) is 1. The van der Waals surface area contributed by atoms with Crippen LogP contribution in [0.5, 0.6) is 0 Å². The molecule has 0 spiro atoms. The van der Waals surface area contributed by atoms with E-state index < -0.39 is 15.6 Å². The molecule has 0 aromatic carbocycles. The maximum atomic E-state index is 11.3. The Balaban J connectivity index is 4.41. The van der Waals surface area contributed by atoms with E-state index in [-0.39, 0.29) is 12.4 Å². The van der Waals surface area contributed by atoms with Gasteiger partial charge in [0.25, 0.3) is 10.2 Å². The van der Waals surface area contributed by atoms with E-state index in [1.807, 2.05) is 0 Å². The monoisotopic (exact) mass is 222 g/mol. The van der Waals surface area contributed by atoms with Crippen LogP contribution in [0.25, 0.3) is 0 Å². The lowest BCUT2D eigenvalue weighted by atomic mass is 9.93. The van der Waals surface area contributed by atoms with Gasteiger partial charge in [0.15, 0.2) is 0 Å².